The number of carbonyl (C=O) groups excluding carboxylic acids is 1. The zero-order valence-corrected chi connectivity index (χ0v) is 6.35. The number of carbonyl (C=O) groups is 1. The van der Waals surface area contributed by atoms with Crippen LogP contribution < -0.4 is 5.32 Å². The SMILES string of the molecule is [CH2]COCCCNC(C)=O. The number of ether oxygens (including phenoxy) is 1. The standard InChI is InChI=1S/C7H14NO2/c1-3-10-6-4-5-8-7(2)9/h1,3-6H2,2H3,(H,8,9). The summed E-state index contributed by atoms with van der Waals surface area (Å²) in [7, 11) is 0. The van der Waals surface area contributed by atoms with Crippen molar-refractivity contribution in [3.05, 3.63) is 6.92 Å². The minimum atomic E-state index is 0.00891. The predicted octanol–water partition coefficient (Wildman–Crippen LogP) is 0.363. The largest absolute Gasteiger partial charge is 0.381 e. The summed E-state index contributed by atoms with van der Waals surface area (Å²) in [6.45, 7) is 6.87. The van der Waals surface area contributed by atoms with Gasteiger partial charge in [-0.05, 0) is 13.3 Å². The van der Waals surface area contributed by atoms with Crippen molar-refractivity contribution in [2.75, 3.05) is 19.8 Å². The third-order valence-electron chi connectivity index (χ3n) is 0.984. The fourth-order valence-corrected chi connectivity index (χ4v) is 0.541. The van der Waals surface area contributed by atoms with Crippen molar-refractivity contribution in [3.63, 3.8) is 0 Å². The second kappa shape index (κ2) is 6.55. The van der Waals surface area contributed by atoms with Crippen molar-refractivity contribution in [1.82, 2.24) is 5.32 Å². The van der Waals surface area contributed by atoms with Crippen molar-refractivity contribution in [3.8, 4) is 0 Å². The van der Waals surface area contributed by atoms with Gasteiger partial charge in [0.1, 0.15) is 0 Å². The fourth-order valence-electron chi connectivity index (χ4n) is 0.541. The van der Waals surface area contributed by atoms with Gasteiger partial charge in [-0.2, -0.15) is 0 Å². The highest BCUT2D eigenvalue weighted by atomic mass is 16.5. The summed E-state index contributed by atoms with van der Waals surface area (Å²) in [5, 5.41) is 2.67. The fraction of sp³-hybridized carbons (Fsp3) is 0.714. The van der Waals surface area contributed by atoms with Gasteiger partial charge in [-0.25, -0.2) is 0 Å². The topological polar surface area (TPSA) is 38.3 Å². The molecule has 0 aromatic heterocycles. The summed E-state index contributed by atoms with van der Waals surface area (Å²) >= 11 is 0. The minimum absolute atomic E-state index is 0.00891. The molecule has 1 amide bonds. The lowest BCUT2D eigenvalue weighted by Gasteiger charge is -2.00. The Labute approximate surface area is 61.8 Å². The first-order chi connectivity index (χ1) is 4.77. The van der Waals surface area contributed by atoms with Gasteiger partial charge in [0, 0.05) is 26.7 Å². The van der Waals surface area contributed by atoms with E-state index < -0.39 is 0 Å². The number of hydrogen-bond acceptors (Lipinski definition) is 2. The molecule has 3 heteroatoms. The molecular formula is C7H14NO2. The Hall–Kier alpha value is -0.570. The molecule has 0 heterocycles. The zero-order chi connectivity index (χ0) is 7.82. The van der Waals surface area contributed by atoms with Gasteiger partial charge < -0.3 is 10.1 Å². The highest BCUT2D eigenvalue weighted by Crippen LogP contribution is 1.79. The van der Waals surface area contributed by atoms with E-state index in [0.717, 1.165) is 6.42 Å². The van der Waals surface area contributed by atoms with Crippen LogP contribution >= 0.6 is 0 Å². The third kappa shape index (κ3) is 7.43. The third-order valence-corrected chi connectivity index (χ3v) is 0.984. The molecule has 0 spiro atoms. The molecule has 0 saturated heterocycles. The van der Waals surface area contributed by atoms with Gasteiger partial charge in [-0.15, -0.1) is 0 Å². The molecule has 0 aliphatic carbocycles. The molecule has 0 fully saturated rings. The summed E-state index contributed by atoms with van der Waals surface area (Å²) in [5.74, 6) is 0.00891. The molecule has 0 saturated carbocycles. The van der Waals surface area contributed by atoms with E-state index in [2.05, 4.69) is 12.2 Å². The van der Waals surface area contributed by atoms with E-state index in [1.807, 2.05) is 0 Å². The summed E-state index contributed by atoms with van der Waals surface area (Å²) in [6.07, 6.45) is 0.856. The highest BCUT2D eigenvalue weighted by molar-refractivity contribution is 5.72. The number of hydrogen-bond donors (Lipinski definition) is 1. The summed E-state index contributed by atoms with van der Waals surface area (Å²) < 4.78 is 4.95. The molecule has 0 unspecified atom stereocenters. The molecule has 10 heavy (non-hydrogen) atoms. The average molecular weight is 144 g/mol. The lowest BCUT2D eigenvalue weighted by atomic mass is 10.4. The lowest BCUT2D eigenvalue weighted by Crippen LogP contribution is -2.21. The quantitative estimate of drug-likeness (QED) is 0.566. The first kappa shape index (κ1) is 9.43. The van der Waals surface area contributed by atoms with Crippen molar-refractivity contribution < 1.29 is 9.53 Å². The minimum Gasteiger partial charge on any atom is -0.381 e. The van der Waals surface area contributed by atoms with Gasteiger partial charge in [0.25, 0.3) is 0 Å². The molecule has 1 radical (unpaired) electrons. The Kier molecular flexibility index (Phi) is 6.18. The van der Waals surface area contributed by atoms with E-state index in [-0.39, 0.29) is 5.91 Å². The molecule has 0 aliphatic rings. The van der Waals surface area contributed by atoms with Gasteiger partial charge in [0.05, 0.1) is 0 Å². The number of amides is 1. The van der Waals surface area contributed by atoms with Gasteiger partial charge in [0.2, 0.25) is 5.91 Å². The summed E-state index contributed by atoms with van der Waals surface area (Å²) in [5.41, 5.74) is 0. The Morgan fingerprint density at radius 3 is 2.90 bits per heavy atom. The van der Waals surface area contributed by atoms with Crippen LogP contribution in [0.5, 0.6) is 0 Å². The molecule has 0 bridgehead atoms. The first-order valence-electron chi connectivity index (χ1n) is 3.39. The normalized spacial score (nSPS) is 9.40. The van der Waals surface area contributed by atoms with Crippen molar-refractivity contribution in [1.29, 1.82) is 0 Å². The summed E-state index contributed by atoms with van der Waals surface area (Å²) in [6, 6.07) is 0. The van der Waals surface area contributed by atoms with Crippen LogP contribution in [0.15, 0.2) is 0 Å². The van der Waals surface area contributed by atoms with Crippen molar-refractivity contribution in [2.45, 2.75) is 13.3 Å². The van der Waals surface area contributed by atoms with Crippen LogP contribution in [0.1, 0.15) is 13.3 Å². The van der Waals surface area contributed by atoms with Crippen LogP contribution in [-0.4, -0.2) is 25.7 Å². The van der Waals surface area contributed by atoms with E-state index in [0.29, 0.717) is 19.8 Å². The maximum atomic E-state index is 10.3. The van der Waals surface area contributed by atoms with Crippen molar-refractivity contribution in [2.24, 2.45) is 0 Å². The Morgan fingerprint density at radius 1 is 1.70 bits per heavy atom. The number of nitrogens with one attached hydrogen (secondary N) is 1. The molecule has 1 N–H and O–H groups in total. The Bertz CT molecular complexity index is 93.6. The lowest BCUT2D eigenvalue weighted by molar-refractivity contribution is -0.118. The number of rotatable bonds is 5. The first-order valence-corrected chi connectivity index (χ1v) is 3.39. The zero-order valence-electron chi connectivity index (χ0n) is 6.35. The van der Waals surface area contributed by atoms with Gasteiger partial charge in [-0.1, -0.05) is 0 Å². The van der Waals surface area contributed by atoms with Crippen molar-refractivity contribution >= 4 is 5.91 Å². The average Bonchev–Trinajstić information content (AvgIpc) is 1.87. The van der Waals surface area contributed by atoms with Crippen LogP contribution in [0.4, 0.5) is 0 Å². The second-order valence-electron chi connectivity index (χ2n) is 1.95. The Balaban J connectivity index is 2.84. The van der Waals surface area contributed by atoms with Crippen LogP contribution in [0.2, 0.25) is 0 Å². The summed E-state index contributed by atoms with van der Waals surface area (Å²) in [4.78, 5) is 10.3. The molecular weight excluding hydrogens is 130 g/mol. The molecule has 59 valence electrons. The molecule has 3 nitrogen and oxygen atoms in total. The van der Waals surface area contributed by atoms with E-state index in [1.54, 1.807) is 0 Å². The van der Waals surface area contributed by atoms with Gasteiger partial charge in [-0.3, -0.25) is 4.79 Å². The molecule has 0 aliphatic heterocycles. The molecule has 0 aromatic rings. The monoisotopic (exact) mass is 144 g/mol. The van der Waals surface area contributed by atoms with Crippen LogP contribution in [0, 0.1) is 6.92 Å². The maximum absolute atomic E-state index is 10.3. The smallest absolute Gasteiger partial charge is 0.216 e. The second-order valence-corrected chi connectivity index (χ2v) is 1.95. The van der Waals surface area contributed by atoms with Gasteiger partial charge >= 0.3 is 0 Å². The van der Waals surface area contributed by atoms with E-state index in [1.165, 1.54) is 6.92 Å². The van der Waals surface area contributed by atoms with Crippen LogP contribution in [0.3, 0.4) is 0 Å². The maximum Gasteiger partial charge on any atom is 0.216 e. The molecule has 0 atom stereocenters. The molecule has 0 rings (SSSR count). The van der Waals surface area contributed by atoms with E-state index >= 15 is 0 Å². The predicted molar refractivity (Wildman–Crippen MR) is 39.5 cm³/mol. The van der Waals surface area contributed by atoms with E-state index in [9.17, 15) is 4.79 Å². The Morgan fingerprint density at radius 2 is 2.40 bits per heavy atom. The highest BCUT2D eigenvalue weighted by Gasteiger charge is 1.89. The van der Waals surface area contributed by atoms with Crippen LogP contribution in [0.25, 0.3) is 0 Å². The van der Waals surface area contributed by atoms with Gasteiger partial charge in [0.15, 0.2) is 0 Å². The molecule has 0 aromatic carbocycles. The van der Waals surface area contributed by atoms with Crippen LogP contribution in [-0.2, 0) is 9.53 Å². The van der Waals surface area contributed by atoms with E-state index in [4.69, 9.17) is 4.74 Å².